The first-order valence-corrected chi connectivity index (χ1v) is 10.3. The van der Waals surface area contributed by atoms with Crippen LogP contribution in [-0.2, 0) is 4.79 Å². The fourth-order valence-electron chi connectivity index (χ4n) is 2.80. The second-order valence-corrected chi connectivity index (χ2v) is 7.87. The van der Waals surface area contributed by atoms with Crippen molar-refractivity contribution < 1.29 is 14.4 Å². The van der Waals surface area contributed by atoms with Gasteiger partial charge in [0.25, 0.3) is 11.8 Å². The summed E-state index contributed by atoms with van der Waals surface area (Å²) in [6.07, 6.45) is 2.90. The average molecular weight is 471 g/mol. The van der Waals surface area contributed by atoms with Crippen LogP contribution >= 0.6 is 23.2 Å². The number of nitrogens with zero attached hydrogens (tertiary/aromatic N) is 3. The van der Waals surface area contributed by atoms with Gasteiger partial charge >= 0.3 is 0 Å². The smallest absolute Gasteiger partial charge is 0.265 e. The lowest BCUT2D eigenvalue weighted by molar-refractivity contribution is -0.126. The Balaban J connectivity index is 2.05. The second kappa shape index (κ2) is 10.3. The molecule has 3 rings (SSSR count). The molecule has 0 aliphatic carbocycles. The molecule has 1 heterocycles. The molecule has 1 aromatic heterocycles. The number of amides is 3. The number of hydrogen-bond donors (Lipinski definition) is 1. The Morgan fingerprint density at radius 3 is 1.81 bits per heavy atom. The van der Waals surface area contributed by atoms with Crippen molar-refractivity contribution in [2.24, 2.45) is 0 Å². The summed E-state index contributed by atoms with van der Waals surface area (Å²) in [6.45, 7) is -0.0257. The van der Waals surface area contributed by atoms with E-state index in [1.807, 2.05) is 0 Å². The molecule has 32 heavy (non-hydrogen) atoms. The van der Waals surface area contributed by atoms with E-state index in [0.29, 0.717) is 15.7 Å². The summed E-state index contributed by atoms with van der Waals surface area (Å²) in [6, 6.07) is 14.0. The van der Waals surface area contributed by atoms with Crippen molar-refractivity contribution in [3.8, 4) is 0 Å². The Labute approximate surface area is 195 Å². The van der Waals surface area contributed by atoms with Crippen molar-refractivity contribution in [2.75, 3.05) is 30.9 Å². The van der Waals surface area contributed by atoms with Crippen LogP contribution in [0.4, 0.5) is 11.4 Å². The number of benzene rings is 2. The molecule has 0 saturated carbocycles. The monoisotopic (exact) mass is 470 g/mol. The van der Waals surface area contributed by atoms with Crippen LogP contribution in [-0.4, -0.2) is 48.2 Å². The molecular formula is C23H20Cl2N4O3. The molecule has 0 aliphatic rings. The highest BCUT2D eigenvalue weighted by Crippen LogP contribution is 2.28. The molecule has 0 radical (unpaired) electrons. The van der Waals surface area contributed by atoms with E-state index in [0.717, 1.165) is 4.90 Å². The number of rotatable bonds is 6. The van der Waals surface area contributed by atoms with Gasteiger partial charge in [0.15, 0.2) is 0 Å². The molecule has 164 valence electrons. The molecule has 0 spiro atoms. The Bertz CT molecular complexity index is 1080. The molecule has 3 aromatic rings. The molecule has 0 atom stereocenters. The summed E-state index contributed by atoms with van der Waals surface area (Å²) < 4.78 is 0. The van der Waals surface area contributed by atoms with Crippen LogP contribution in [0.2, 0.25) is 10.0 Å². The molecule has 0 aliphatic heterocycles. The summed E-state index contributed by atoms with van der Waals surface area (Å²) in [4.78, 5) is 45.5. The third-order valence-electron chi connectivity index (χ3n) is 4.56. The number of halogens is 2. The van der Waals surface area contributed by atoms with Crippen molar-refractivity contribution in [3.63, 3.8) is 0 Å². The van der Waals surface area contributed by atoms with E-state index in [1.165, 1.54) is 41.6 Å². The number of carbonyl (C=O) groups excluding carboxylic acids is 3. The maximum Gasteiger partial charge on any atom is 0.265 e. The predicted octanol–water partition coefficient (Wildman–Crippen LogP) is 4.38. The van der Waals surface area contributed by atoms with E-state index in [1.54, 1.807) is 44.4 Å². The molecule has 0 unspecified atom stereocenters. The van der Waals surface area contributed by atoms with Crippen LogP contribution in [0.25, 0.3) is 0 Å². The lowest BCUT2D eigenvalue weighted by Gasteiger charge is -2.24. The standard InChI is InChI=1S/C23H20Cl2N4O3/c1-28(2)21(30)14-27-19-11-12-26-13-20(19)29(22(31)15-3-7-17(24)8-4-15)23(32)16-5-9-18(25)10-6-16/h3-13H,14H2,1-2H3,(H,26,27). The van der Waals surface area contributed by atoms with Gasteiger partial charge in [-0.15, -0.1) is 0 Å². The lowest BCUT2D eigenvalue weighted by atomic mass is 10.1. The SMILES string of the molecule is CN(C)C(=O)CNc1ccncc1N(C(=O)c1ccc(Cl)cc1)C(=O)c1ccc(Cl)cc1. The molecular weight excluding hydrogens is 451 g/mol. The highest BCUT2D eigenvalue weighted by molar-refractivity contribution is 6.32. The fraction of sp³-hybridized carbons (Fsp3) is 0.130. The summed E-state index contributed by atoms with van der Waals surface area (Å²) in [5, 5.41) is 3.91. The number of aromatic nitrogens is 1. The number of hydrogen-bond acceptors (Lipinski definition) is 5. The molecule has 1 N–H and O–H groups in total. The number of likely N-dealkylation sites (N-methyl/N-ethyl adjacent to an activating group) is 1. The maximum atomic E-state index is 13.4. The van der Waals surface area contributed by atoms with Crippen LogP contribution in [0.1, 0.15) is 20.7 Å². The van der Waals surface area contributed by atoms with E-state index in [9.17, 15) is 14.4 Å². The van der Waals surface area contributed by atoms with Crippen LogP contribution in [0.5, 0.6) is 0 Å². The molecule has 2 aromatic carbocycles. The number of nitrogens with one attached hydrogen (secondary N) is 1. The van der Waals surface area contributed by atoms with Crippen molar-refractivity contribution in [3.05, 3.63) is 88.2 Å². The van der Waals surface area contributed by atoms with Gasteiger partial charge in [0, 0.05) is 41.5 Å². The third-order valence-corrected chi connectivity index (χ3v) is 5.06. The summed E-state index contributed by atoms with van der Waals surface area (Å²) in [7, 11) is 3.27. The second-order valence-electron chi connectivity index (χ2n) is 6.99. The van der Waals surface area contributed by atoms with Gasteiger partial charge in [0.05, 0.1) is 24.1 Å². The molecule has 3 amide bonds. The molecule has 0 fully saturated rings. The van der Waals surface area contributed by atoms with E-state index in [-0.39, 0.29) is 29.3 Å². The van der Waals surface area contributed by atoms with Crippen molar-refractivity contribution >= 4 is 52.3 Å². The zero-order valence-electron chi connectivity index (χ0n) is 17.4. The van der Waals surface area contributed by atoms with Crippen LogP contribution in [0, 0.1) is 0 Å². The van der Waals surface area contributed by atoms with E-state index in [2.05, 4.69) is 10.3 Å². The first-order chi connectivity index (χ1) is 15.3. The van der Waals surface area contributed by atoms with Gasteiger partial charge in [-0.1, -0.05) is 23.2 Å². The third kappa shape index (κ3) is 5.43. The number of pyridine rings is 1. The van der Waals surface area contributed by atoms with Crippen LogP contribution in [0.15, 0.2) is 67.0 Å². The number of carbonyl (C=O) groups is 3. The Hall–Kier alpha value is -3.42. The minimum Gasteiger partial charge on any atom is -0.374 e. The van der Waals surface area contributed by atoms with Gasteiger partial charge in [0.2, 0.25) is 5.91 Å². The Morgan fingerprint density at radius 2 is 1.34 bits per heavy atom. The predicted molar refractivity (Wildman–Crippen MR) is 125 cm³/mol. The van der Waals surface area contributed by atoms with Gasteiger partial charge in [-0.05, 0) is 54.6 Å². The maximum absolute atomic E-state index is 13.4. The average Bonchev–Trinajstić information content (AvgIpc) is 2.79. The molecule has 9 heteroatoms. The zero-order valence-corrected chi connectivity index (χ0v) is 18.9. The zero-order chi connectivity index (χ0) is 23.3. The van der Waals surface area contributed by atoms with Crippen molar-refractivity contribution in [2.45, 2.75) is 0 Å². The van der Waals surface area contributed by atoms with Crippen LogP contribution in [0.3, 0.4) is 0 Å². The van der Waals surface area contributed by atoms with E-state index >= 15 is 0 Å². The van der Waals surface area contributed by atoms with E-state index < -0.39 is 11.8 Å². The lowest BCUT2D eigenvalue weighted by Crippen LogP contribution is -2.38. The summed E-state index contributed by atoms with van der Waals surface area (Å²) in [5.74, 6) is -1.32. The highest BCUT2D eigenvalue weighted by Gasteiger charge is 2.28. The minimum absolute atomic E-state index is 0.0257. The first kappa shape index (κ1) is 23.2. The molecule has 0 bridgehead atoms. The first-order valence-electron chi connectivity index (χ1n) is 9.56. The van der Waals surface area contributed by atoms with Crippen LogP contribution < -0.4 is 10.2 Å². The van der Waals surface area contributed by atoms with E-state index in [4.69, 9.17) is 23.2 Å². The van der Waals surface area contributed by atoms with Gasteiger partial charge in [0.1, 0.15) is 0 Å². The molecule has 7 nitrogen and oxygen atoms in total. The van der Waals surface area contributed by atoms with Gasteiger partial charge in [-0.2, -0.15) is 0 Å². The van der Waals surface area contributed by atoms with Gasteiger partial charge in [-0.25, -0.2) is 4.90 Å². The van der Waals surface area contributed by atoms with Crippen molar-refractivity contribution in [1.82, 2.24) is 9.88 Å². The number of anilines is 2. The van der Waals surface area contributed by atoms with Gasteiger partial charge in [-0.3, -0.25) is 19.4 Å². The Kier molecular flexibility index (Phi) is 7.45. The van der Waals surface area contributed by atoms with Gasteiger partial charge < -0.3 is 10.2 Å². The topological polar surface area (TPSA) is 82.6 Å². The number of imide groups is 1. The largest absolute Gasteiger partial charge is 0.374 e. The molecule has 0 saturated heterocycles. The summed E-state index contributed by atoms with van der Waals surface area (Å²) in [5.41, 5.74) is 1.13. The highest BCUT2D eigenvalue weighted by atomic mass is 35.5. The normalized spacial score (nSPS) is 10.4. The van der Waals surface area contributed by atoms with Crippen molar-refractivity contribution in [1.29, 1.82) is 0 Å². The summed E-state index contributed by atoms with van der Waals surface area (Å²) >= 11 is 11.9. The Morgan fingerprint density at radius 1 is 0.844 bits per heavy atom. The minimum atomic E-state index is -0.573. The quantitative estimate of drug-likeness (QED) is 0.540. The fourth-order valence-corrected chi connectivity index (χ4v) is 3.05.